The van der Waals surface area contributed by atoms with Crippen molar-refractivity contribution >= 4 is 46.5 Å². The predicted octanol–water partition coefficient (Wildman–Crippen LogP) is -2.47. The van der Waals surface area contributed by atoms with Crippen molar-refractivity contribution in [3.63, 3.8) is 0 Å². The van der Waals surface area contributed by atoms with Gasteiger partial charge in [-0.1, -0.05) is 18.2 Å². The van der Waals surface area contributed by atoms with Gasteiger partial charge in [0.05, 0.1) is 12.5 Å². The Morgan fingerprint density at radius 1 is 0.949 bits per heavy atom. The summed E-state index contributed by atoms with van der Waals surface area (Å²) in [5, 5.41) is 17.8. The summed E-state index contributed by atoms with van der Waals surface area (Å²) in [6, 6.07) is 2.28. The molecule has 212 valence electrons. The van der Waals surface area contributed by atoms with E-state index in [9.17, 15) is 29.1 Å². The molecule has 0 spiro atoms. The van der Waals surface area contributed by atoms with Crippen molar-refractivity contribution in [2.24, 2.45) is 27.9 Å². The van der Waals surface area contributed by atoms with Crippen LogP contribution in [0.4, 0.5) is 0 Å². The van der Waals surface area contributed by atoms with Crippen molar-refractivity contribution < 1.29 is 29.1 Å². The highest BCUT2D eigenvalue weighted by molar-refractivity contribution is 5.96. The highest BCUT2D eigenvalue weighted by Gasteiger charge is 2.31. The monoisotopic (exact) mass is 545 g/mol. The fourth-order valence-electron chi connectivity index (χ4n) is 3.75. The summed E-state index contributed by atoms with van der Waals surface area (Å²) >= 11 is 0. The zero-order valence-corrected chi connectivity index (χ0v) is 21.5. The van der Waals surface area contributed by atoms with Crippen LogP contribution in [0.25, 0.3) is 10.9 Å². The number of aliphatic carboxylic acids is 1. The van der Waals surface area contributed by atoms with E-state index in [1.54, 1.807) is 12.3 Å². The number of guanidine groups is 1. The molecule has 0 radical (unpaired) electrons. The molecule has 4 unspecified atom stereocenters. The molecule has 0 saturated heterocycles. The number of carbonyl (C=O) groups is 5. The maximum absolute atomic E-state index is 13.1. The number of aromatic nitrogens is 1. The van der Waals surface area contributed by atoms with E-state index in [0.29, 0.717) is 5.56 Å². The van der Waals surface area contributed by atoms with Gasteiger partial charge in [-0.05, 0) is 31.4 Å². The van der Waals surface area contributed by atoms with Crippen LogP contribution in [0.1, 0.15) is 31.7 Å². The number of nitrogens with zero attached hydrogens (tertiary/aromatic N) is 1. The molecule has 0 aliphatic carbocycles. The average Bonchev–Trinajstić information content (AvgIpc) is 3.27. The molecule has 2 aromatic rings. The van der Waals surface area contributed by atoms with Crippen LogP contribution in [0.2, 0.25) is 0 Å². The Morgan fingerprint density at radius 3 is 2.18 bits per heavy atom. The molecule has 4 atom stereocenters. The van der Waals surface area contributed by atoms with Gasteiger partial charge in [0.2, 0.25) is 23.6 Å². The molecule has 0 fully saturated rings. The van der Waals surface area contributed by atoms with Crippen LogP contribution < -0.4 is 38.9 Å². The van der Waals surface area contributed by atoms with Gasteiger partial charge in [0.1, 0.15) is 18.1 Å². The summed E-state index contributed by atoms with van der Waals surface area (Å²) in [6.45, 7) is 1.59. The van der Waals surface area contributed by atoms with Crippen molar-refractivity contribution in [2.75, 3.05) is 6.54 Å². The van der Waals surface area contributed by atoms with E-state index >= 15 is 0 Å². The number of carbonyl (C=O) groups excluding carboxylic acids is 4. The third kappa shape index (κ3) is 9.62. The van der Waals surface area contributed by atoms with Crippen LogP contribution in [-0.4, -0.2) is 76.4 Å². The third-order valence-electron chi connectivity index (χ3n) is 5.74. The number of rotatable bonds is 15. The van der Waals surface area contributed by atoms with Crippen LogP contribution >= 0.6 is 0 Å². The Kier molecular flexibility index (Phi) is 11.2. The Labute approximate surface area is 224 Å². The number of carboxylic acids is 1. The maximum Gasteiger partial charge on any atom is 0.326 e. The molecule has 2 rings (SSSR count). The van der Waals surface area contributed by atoms with Gasteiger partial charge in [-0.3, -0.25) is 24.2 Å². The van der Waals surface area contributed by atoms with Gasteiger partial charge < -0.3 is 49.0 Å². The van der Waals surface area contributed by atoms with E-state index in [2.05, 4.69) is 25.9 Å². The Bertz CT molecular complexity index is 1220. The average molecular weight is 546 g/mol. The number of para-hydroxylation sites is 1. The maximum atomic E-state index is 13.1. The zero-order valence-electron chi connectivity index (χ0n) is 21.5. The minimum absolute atomic E-state index is 0.0693. The highest BCUT2D eigenvalue weighted by Crippen LogP contribution is 2.19. The van der Waals surface area contributed by atoms with E-state index in [1.165, 1.54) is 6.92 Å². The van der Waals surface area contributed by atoms with Crippen LogP contribution in [-0.2, 0) is 30.4 Å². The minimum Gasteiger partial charge on any atom is -0.480 e. The van der Waals surface area contributed by atoms with E-state index in [0.717, 1.165) is 10.9 Å². The van der Waals surface area contributed by atoms with Crippen molar-refractivity contribution in [2.45, 2.75) is 56.8 Å². The molecular formula is C24H35N9O6. The lowest BCUT2D eigenvalue weighted by molar-refractivity contribution is -0.142. The van der Waals surface area contributed by atoms with Gasteiger partial charge in [0.15, 0.2) is 5.96 Å². The molecule has 1 heterocycles. The second-order valence-corrected chi connectivity index (χ2v) is 8.99. The number of hydrogen-bond donors (Lipinski definition) is 9. The number of H-pyrrole nitrogens is 1. The Balaban J connectivity index is 2.18. The lowest BCUT2D eigenvalue weighted by Crippen LogP contribution is -2.57. The second kappa shape index (κ2) is 14.3. The third-order valence-corrected chi connectivity index (χ3v) is 5.74. The highest BCUT2D eigenvalue weighted by atomic mass is 16.4. The summed E-state index contributed by atoms with van der Waals surface area (Å²) in [6.07, 6.45) is 1.32. The number of hydrogen-bond acceptors (Lipinski definition) is 7. The Hall–Kier alpha value is -4.66. The number of nitrogens with one attached hydrogen (secondary N) is 4. The Morgan fingerprint density at radius 2 is 1.56 bits per heavy atom. The molecule has 1 aromatic heterocycles. The fourth-order valence-corrected chi connectivity index (χ4v) is 3.75. The van der Waals surface area contributed by atoms with Gasteiger partial charge in [-0.2, -0.15) is 0 Å². The van der Waals surface area contributed by atoms with Gasteiger partial charge >= 0.3 is 5.97 Å². The molecule has 0 aliphatic rings. The number of amides is 4. The van der Waals surface area contributed by atoms with Crippen LogP contribution in [0.5, 0.6) is 0 Å². The van der Waals surface area contributed by atoms with Crippen molar-refractivity contribution in [3.8, 4) is 0 Å². The molecule has 0 aliphatic heterocycles. The summed E-state index contributed by atoms with van der Waals surface area (Å²) in [5.41, 5.74) is 22.9. The molecule has 1 aromatic carbocycles. The molecule has 13 N–H and O–H groups in total. The van der Waals surface area contributed by atoms with Crippen LogP contribution in [0.3, 0.4) is 0 Å². The normalized spacial score (nSPS) is 13.9. The number of benzene rings is 1. The second-order valence-electron chi connectivity index (χ2n) is 8.99. The van der Waals surface area contributed by atoms with E-state index in [1.807, 2.05) is 18.2 Å². The standard InChI is InChI=1S/C24H35N9O6/c1-12(25)20(35)31-16(7-4-8-29-24(27)28)21(36)32-17(10-19(26)34)22(37)33-18(23(38)39)9-13-11-30-15-6-3-2-5-14(13)15/h2-3,5-6,11-12,16-18,30H,4,7-10,25H2,1H3,(H2,26,34)(H,31,35)(H,32,36)(H,33,37)(H,38,39)(H4,27,28,29). The minimum atomic E-state index is -1.51. The number of primary amides is 1. The number of carboxylic acid groups (broad SMARTS) is 1. The molecule has 15 nitrogen and oxygen atoms in total. The first-order valence-electron chi connectivity index (χ1n) is 12.2. The smallest absolute Gasteiger partial charge is 0.326 e. The topological polar surface area (TPSA) is 274 Å². The van der Waals surface area contributed by atoms with Crippen LogP contribution in [0, 0.1) is 0 Å². The lowest BCUT2D eigenvalue weighted by Gasteiger charge is -2.24. The van der Waals surface area contributed by atoms with Crippen molar-refractivity contribution in [3.05, 3.63) is 36.0 Å². The zero-order chi connectivity index (χ0) is 29.1. The van der Waals surface area contributed by atoms with Gasteiger partial charge in [0.25, 0.3) is 0 Å². The SMILES string of the molecule is CC(N)C(=O)NC(CCCN=C(N)N)C(=O)NC(CC(N)=O)C(=O)NC(Cc1c[nH]c2ccccc12)C(=O)O. The molecule has 39 heavy (non-hydrogen) atoms. The quantitative estimate of drug-likeness (QED) is 0.0650. The number of aromatic amines is 1. The van der Waals surface area contributed by atoms with E-state index < -0.39 is 60.2 Å². The van der Waals surface area contributed by atoms with Crippen molar-refractivity contribution in [1.29, 1.82) is 0 Å². The lowest BCUT2D eigenvalue weighted by atomic mass is 10.0. The molecule has 0 bridgehead atoms. The van der Waals surface area contributed by atoms with Crippen LogP contribution in [0.15, 0.2) is 35.5 Å². The summed E-state index contributed by atoms with van der Waals surface area (Å²) in [4.78, 5) is 68.7. The summed E-state index contributed by atoms with van der Waals surface area (Å²) in [5.74, 6) is -4.75. The van der Waals surface area contributed by atoms with Gasteiger partial charge in [-0.15, -0.1) is 0 Å². The number of nitrogens with two attached hydrogens (primary N) is 4. The largest absolute Gasteiger partial charge is 0.480 e. The summed E-state index contributed by atoms with van der Waals surface area (Å²) in [7, 11) is 0. The predicted molar refractivity (Wildman–Crippen MR) is 143 cm³/mol. The van der Waals surface area contributed by atoms with E-state index in [-0.39, 0.29) is 31.8 Å². The summed E-state index contributed by atoms with van der Waals surface area (Å²) < 4.78 is 0. The van der Waals surface area contributed by atoms with Crippen molar-refractivity contribution in [1.82, 2.24) is 20.9 Å². The van der Waals surface area contributed by atoms with E-state index in [4.69, 9.17) is 22.9 Å². The van der Waals surface area contributed by atoms with Gasteiger partial charge in [-0.25, -0.2) is 4.79 Å². The molecule has 15 heteroatoms. The van der Waals surface area contributed by atoms with Gasteiger partial charge in [0, 0.05) is 30.1 Å². The number of aliphatic imine (C=N–C) groups is 1. The first kappa shape index (κ1) is 30.6. The fraction of sp³-hybridized carbons (Fsp3) is 0.417. The first-order chi connectivity index (χ1) is 18.4. The first-order valence-corrected chi connectivity index (χ1v) is 12.2. The molecular weight excluding hydrogens is 510 g/mol. The molecule has 0 saturated carbocycles. The molecule has 4 amide bonds. The number of fused-ring (bicyclic) bond motifs is 1.